The number of amides is 1. The second-order valence-corrected chi connectivity index (χ2v) is 11.0. The van der Waals surface area contributed by atoms with Gasteiger partial charge in [0.2, 0.25) is 0 Å². The minimum atomic E-state index is -5.50. The van der Waals surface area contributed by atoms with Crippen molar-refractivity contribution in [2.24, 2.45) is 5.92 Å². The Morgan fingerprint density at radius 3 is 2.34 bits per heavy atom. The second kappa shape index (κ2) is 13.2. The molecule has 13 heteroatoms. The molecular formula is C28H31ClF5N5O2. The van der Waals surface area contributed by atoms with Crippen molar-refractivity contribution in [3.05, 3.63) is 46.6 Å². The first kappa shape index (κ1) is 30.8. The lowest BCUT2D eigenvalue weighted by atomic mass is 9.91. The summed E-state index contributed by atoms with van der Waals surface area (Å²) in [4.78, 5) is 14.7. The largest absolute Gasteiger partial charge is 0.490 e. The molecule has 1 saturated heterocycles. The molecule has 7 nitrogen and oxygen atoms in total. The van der Waals surface area contributed by atoms with Crippen LogP contribution in [-0.4, -0.2) is 53.4 Å². The smallest absolute Gasteiger partial charge is 0.453 e. The molecule has 1 amide bonds. The van der Waals surface area contributed by atoms with E-state index >= 15 is 0 Å². The van der Waals surface area contributed by atoms with E-state index in [9.17, 15) is 26.7 Å². The Balaban J connectivity index is 1.17. The minimum absolute atomic E-state index is 0.0174. The molecule has 0 atom stereocenters. The molecule has 4 rings (SSSR count). The topological polar surface area (TPSA) is 91.1 Å². The Bertz CT molecular complexity index is 1220. The second-order valence-electron chi connectivity index (χ2n) is 10.6. The lowest BCUT2D eigenvalue weighted by Gasteiger charge is -2.32. The van der Waals surface area contributed by atoms with E-state index in [0.29, 0.717) is 54.5 Å². The highest BCUT2D eigenvalue weighted by Crippen LogP contribution is 2.40. The monoisotopic (exact) mass is 599 g/mol. The number of halogens is 6. The molecule has 1 aromatic heterocycles. The number of nitrogens with one attached hydrogen (secondary N) is 1. The van der Waals surface area contributed by atoms with E-state index in [4.69, 9.17) is 21.6 Å². The SMILES string of the molecule is N#Cc1ccc(OC2CCC(NC(=O)c3ccc(N4CCC(CCCC(F)(F)C(F)(F)F)CC4)nn3)CC2)cc1Cl. The third kappa shape index (κ3) is 8.18. The van der Waals surface area contributed by atoms with Crippen LogP contribution in [0.25, 0.3) is 0 Å². The summed E-state index contributed by atoms with van der Waals surface area (Å²) in [6.07, 6.45) is -2.30. The van der Waals surface area contributed by atoms with Crippen LogP contribution < -0.4 is 15.0 Å². The first-order chi connectivity index (χ1) is 19.4. The van der Waals surface area contributed by atoms with Crippen LogP contribution in [0.1, 0.15) is 73.8 Å². The molecule has 2 fully saturated rings. The van der Waals surface area contributed by atoms with Crippen molar-refractivity contribution in [3.8, 4) is 11.8 Å². The summed E-state index contributed by atoms with van der Waals surface area (Å²) in [7, 11) is 0. The number of nitriles is 1. The number of carbonyl (C=O) groups excluding carboxylic acids is 1. The summed E-state index contributed by atoms with van der Waals surface area (Å²) in [5, 5.41) is 20.6. The standard InChI is InChI=1S/C28H31ClF5N5O2/c29-23-16-22(6-3-19(23)17-35)41-21-7-4-20(5-8-21)36-26(40)24-9-10-25(38-37-24)39-14-11-18(12-15-39)2-1-13-27(30,31)28(32,33)34/h3,6,9-10,16,18,20-21H,1-2,4-5,7-8,11-15H2,(H,36,40). The lowest BCUT2D eigenvalue weighted by Crippen LogP contribution is -2.40. The van der Waals surface area contributed by atoms with Gasteiger partial charge < -0.3 is 15.0 Å². The van der Waals surface area contributed by atoms with Gasteiger partial charge in [0.1, 0.15) is 11.8 Å². The highest BCUT2D eigenvalue weighted by molar-refractivity contribution is 6.31. The number of piperidine rings is 1. The van der Waals surface area contributed by atoms with Crippen molar-refractivity contribution in [1.29, 1.82) is 5.26 Å². The third-order valence-electron chi connectivity index (χ3n) is 7.71. The molecule has 222 valence electrons. The molecule has 1 aliphatic heterocycles. The first-order valence-corrected chi connectivity index (χ1v) is 14.0. The summed E-state index contributed by atoms with van der Waals surface area (Å²) in [6.45, 7) is 1.17. The number of rotatable bonds is 9. The van der Waals surface area contributed by atoms with Gasteiger partial charge in [0.05, 0.1) is 16.7 Å². The summed E-state index contributed by atoms with van der Waals surface area (Å²) >= 11 is 6.07. The van der Waals surface area contributed by atoms with Crippen LogP contribution in [0, 0.1) is 17.2 Å². The van der Waals surface area contributed by atoms with Gasteiger partial charge in [-0.3, -0.25) is 4.79 Å². The number of benzene rings is 1. The van der Waals surface area contributed by atoms with E-state index in [1.165, 1.54) is 0 Å². The third-order valence-corrected chi connectivity index (χ3v) is 8.03. The van der Waals surface area contributed by atoms with Crippen LogP contribution >= 0.6 is 11.6 Å². The van der Waals surface area contributed by atoms with Gasteiger partial charge in [0.25, 0.3) is 5.91 Å². The molecule has 0 bridgehead atoms. The summed E-state index contributed by atoms with van der Waals surface area (Å²) in [5.41, 5.74) is 0.583. The van der Waals surface area contributed by atoms with Crippen LogP contribution in [0.2, 0.25) is 5.02 Å². The number of hydrogen-bond acceptors (Lipinski definition) is 6. The zero-order chi connectivity index (χ0) is 29.6. The fourth-order valence-corrected chi connectivity index (χ4v) is 5.47. The van der Waals surface area contributed by atoms with E-state index < -0.39 is 18.5 Å². The number of anilines is 1. The lowest BCUT2D eigenvalue weighted by molar-refractivity contribution is -0.284. The summed E-state index contributed by atoms with van der Waals surface area (Å²) in [6, 6.07) is 10.3. The Morgan fingerprint density at radius 2 is 1.76 bits per heavy atom. The van der Waals surface area contributed by atoms with Crippen molar-refractivity contribution in [2.45, 2.75) is 82.0 Å². The maximum atomic E-state index is 13.1. The number of nitrogens with zero attached hydrogens (tertiary/aromatic N) is 4. The average Bonchev–Trinajstić information content (AvgIpc) is 2.94. The highest BCUT2D eigenvalue weighted by Gasteiger charge is 2.56. The molecule has 1 saturated carbocycles. The molecule has 1 aromatic carbocycles. The summed E-state index contributed by atoms with van der Waals surface area (Å²) in [5.74, 6) is -3.69. The predicted octanol–water partition coefficient (Wildman–Crippen LogP) is 6.71. The highest BCUT2D eigenvalue weighted by atomic mass is 35.5. The molecule has 2 aliphatic rings. The Labute approximate surface area is 240 Å². The predicted molar refractivity (Wildman–Crippen MR) is 142 cm³/mol. The molecule has 41 heavy (non-hydrogen) atoms. The van der Waals surface area contributed by atoms with Crippen LogP contribution in [0.3, 0.4) is 0 Å². The van der Waals surface area contributed by atoms with Crippen LogP contribution in [-0.2, 0) is 0 Å². The van der Waals surface area contributed by atoms with Crippen molar-refractivity contribution in [3.63, 3.8) is 0 Å². The maximum absolute atomic E-state index is 13.1. The zero-order valence-electron chi connectivity index (χ0n) is 22.3. The van der Waals surface area contributed by atoms with E-state index in [2.05, 4.69) is 15.5 Å². The van der Waals surface area contributed by atoms with Crippen LogP contribution in [0.15, 0.2) is 30.3 Å². The Kier molecular flexibility index (Phi) is 9.89. The van der Waals surface area contributed by atoms with Crippen molar-refractivity contribution in [1.82, 2.24) is 15.5 Å². The maximum Gasteiger partial charge on any atom is 0.453 e. The van der Waals surface area contributed by atoms with E-state index in [1.54, 1.807) is 30.3 Å². The van der Waals surface area contributed by atoms with Crippen LogP contribution in [0.4, 0.5) is 27.8 Å². The van der Waals surface area contributed by atoms with Gasteiger partial charge in [0.15, 0.2) is 11.5 Å². The average molecular weight is 600 g/mol. The number of ether oxygens (including phenoxy) is 1. The normalized spacial score (nSPS) is 20.4. The van der Waals surface area contributed by atoms with Gasteiger partial charge in [-0.25, -0.2) is 0 Å². The van der Waals surface area contributed by atoms with Gasteiger partial charge in [-0.2, -0.15) is 27.2 Å². The van der Waals surface area contributed by atoms with Crippen molar-refractivity contribution in [2.75, 3.05) is 18.0 Å². The van der Waals surface area contributed by atoms with Gasteiger partial charge in [-0.1, -0.05) is 18.0 Å². The number of alkyl halides is 5. The fourth-order valence-electron chi connectivity index (χ4n) is 5.26. The van der Waals surface area contributed by atoms with Crippen molar-refractivity contribution < 1.29 is 31.5 Å². The van der Waals surface area contributed by atoms with Gasteiger partial charge in [0, 0.05) is 31.6 Å². The van der Waals surface area contributed by atoms with E-state index in [0.717, 1.165) is 25.7 Å². The fraction of sp³-hybridized carbons (Fsp3) is 0.571. The van der Waals surface area contributed by atoms with Gasteiger partial charge >= 0.3 is 12.1 Å². The quantitative estimate of drug-likeness (QED) is 0.322. The molecule has 1 N–H and O–H groups in total. The van der Waals surface area contributed by atoms with Gasteiger partial charge in [-0.15, -0.1) is 10.2 Å². The van der Waals surface area contributed by atoms with Gasteiger partial charge in [-0.05, 0) is 75.1 Å². The Morgan fingerprint density at radius 1 is 1.05 bits per heavy atom. The molecule has 1 aliphatic carbocycles. The number of aromatic nitrogens is 2. The molecular weight excluding hydrogens is 569 g/mol. The molecule has 2 aromatic rings. The summed E-state index contributed by atoms with van der Waals surface area (Å²) < 4.78 is 69.2. The minimum Gasteiger partial charge on any atom is -0.490 e. The molecule has 2 heterocycles. The number of carbonyl (C=O) groups is 1. The van der Waals surface area contributed by atoms with Crippen molar-refractivity contribution >= 4 is 23.3 Å². The first-order valence-electron chi connectivity index (χ1n) is 13.7. The molecule has 0 radical (unpaired) electrons. The number of hydrogen-bond donors (Lipinski definition) is 1. The zero-order valence-corrected chi connectivity index (χ0v) is 23.0. The van der Waals surface area contributed by atoms with E-state index in [-0.39, 0.29) is 36.1 Å². The molecule has 0 unspecified atom stereocenters. The van der Waals surface area contributed by atoms with Crippen LogP contribution in [0.5, 0.6) is 5.75 Å². The molecule has 0 spiro atoms. The Hall–Kier alpha value is -3.20. The van der Waals surface area contributed by atoms with E-state index in [1.807, 2.05) is 11.0 Å².